The van der Waals surface area contributed by atoms with Gasteiger partial charge in [-0.3, -0.25) is 0 Å². The first-order valence-corrected chi connectivity index (χ1v) is 9.35. The van der Waals surface area contributed by atoms with Gasteiger partial charge in [0.15, 0.2) is 5.79 Å². The van der Waals surface area contributed by atoms with Crippen LogP contribution >= 0.6 is 0 Å². The zero-order chi connectivity index (χ0) is 16.1. The van der Waals surface area contributed by atoms with E-state index in [9.17, 15) is 8.42 Å². The van der Waals surface area contributed by atoms with E-state index in [1.807, 2.05) is 32.9 Å². The van der Waals surface area contributed by atoms with E-state index in [1.165, 1.54) is 0 Å². The molecule has 0 radical (unpaired) electrons. The number of epoxide rings is 1. The Balaban J connectivity index is 1.49. The van der Waals surface area contributed by atoms with Gasteiger partial charge in [0.25, 0.3) is 0 Å². The molecule has 5 rings (SSSR count). The first kappa shape index (κ1) is 14.4. The van der Waals surface area contributed by atoms with Crippen LogP contribution in [-0.4, -0.2) is 55.0 Å². The number of hydrogen-bond acceptors (Lipinski definition) is 5. The van der Waals surface area contributed by atoms with Crippen molar-refractivity contribution in [2.24, 2.45) is 0 Å². The lowest BCUT2D eigenvalue weighted by atomic mass is 9.95. The van der Waals surface area contributed by atoms with Gasteiger partial charge in [-0.2, -0.15) is 4.31 Å². The van der Waals surface area contributed by atoms with E-state index in [2.05, 4.69) is 0 Å². The molecule has 0 aromatic heterocycles. The molecule has 0 N–H and O–H groups in total. The van der Waals surface area contributed by atoms with E-state index >= 15 is 0 Å². The van der Waals surface area contributed by atoms with Gasteiger partial charge in [-0.05, 0) is 32.9 Å². The number of fused-ring (bicyclic) bond motifs is 6. The molecule has 1 saturated carbocycles. The number of hydrogen-bond donors (Lipinski definition) is 0. The first-order valence-electron chi connectivity index (χ1n) is 7.91. The minimum Gasteiger partial charge on any atom is -0.365 e. The number of nitrogens with zero attached hydrogens (tertiary/aromatic N) is 1. The van der Waals surface area contributed by atoms with Crippen molar-refractivity contribution in [2.45, 2.75) is 68.0 Å². The summed E-state index contributed by atoms with van der Waals surface area (Å²) in [4.78, 5) is 0.324. The Morgan fingerprint density at radius 2 is 1.57 bits per heavy atom. The lowest BCUT2D eigenvalue weighted by molar-refractivity contribution is -0.147. The van der Waals surface area contributed by atoms with Crippen molar-refractivity contribution in [3.05, 3.63) is 29.8 Å². The van der Waals surface area contributed by atoms with E-state index in [0.29, 0.717) is 4.90 Å². The fourth-order valence-corrected chi connectivity index (χ4v) is 5.89. The zero-order valence-electron chi connectivity index (χ0n) is 13.2. The Kier molecular flexibility index (Phi) is 2.59. The highest BCUT2D eigenvalue weighted by Gasteiger charge is 2.78. The molecule has 7 heteroatoms. The highest BCUT2D eigenvalue weighted by molar-refractivity contribution is 7.89. The van der Waals surface area contributed by atoms with Crippen LogP contribution in [0.25, 0.3) is 0 Å². The Morgan fingerprint density at radius 1 is 0.957 bits per heavy atom. The molecule has 7 atom stereocenters. The second kappa shape index (κ2) is 4.15. The van der Waals surface area contributed by atoms with Crippen molar-refractivity contribution in [1.29, 1.82) is 0 Å². The van der Waals surface area contributed by atoms with Crippen molar-refractivity contribution in [1.82, 2.24) is 4.31 Å². The lowest BCUT2D eigenvalue weighted by Crippen LogP contribution is -2.39. The van der Waals surface area contributed by atoms with E-state index in [-0.39, 0.29) is 36.5 Å². The van der Waals surface area contributed by atoms with Crippen LogP contribution in [0.5, 0.6) is 0 Å². The van der Waals surface area contributed by atoms with Gasteiger partial charge in [0.2, 0.25) is 10.0 Å². The topological polar surface area (TPSA) is 68.1 Å². The summed E-state index contributed by atoms with van der Waals surface area (Å²) in [7, 11) is -3.53. The Labute approximate surface area is 135 Å². The molecular weight excluding hydrogens is 318 g/mol. The maximum absolute atomic E-state index is 13.0. The number of ether oxygens (including phenoxy) is 3. The van der Waals surface area contributed by atoms with Crippen LogP contribution in [0.15, 0.2) is 29.2 Å². The molecular formula is C16H19NO5S. The molecule has 1 aliphatic carbocycles. The second-order valence-corrected chi connectivity index (χ2v) is 9.10. The largest absolute Gasteiger partial charge is 0.365 e. The lowest BCUT2D eigenvalue weighted by Gasteiger charge is -2.17. The molecule has 3 aliphatic heterocycles. The summed E-state index contributed by atoms with van der Waals surface area (Å²) in [5, 5.41) is 0. The van der Waals surface area contributed by atoms with Gasteiger partial charge in [0.1, 0.15) is 24.4 Å². The monoisotopic (exact) mass is 337 g/mol. The predicted octanol–water partition coefficient (Wildman–Crippen LogP) is 1.04. The Bertz CT molecular complexity index is 774. The molecule has 1 aromatic rings. The van der Waals surface area contributed by atoms with Crippen LogP contribution < -0.4 is 0 Å². The summed E-state index contributed by atoms with van der Waals surface area (Å²) in [6.45, 7) is 5.66. The van der Waals surface area contributed by atoms with Crippen molar-refractivity contribution in [3.8, 4) is 0 Å². The molecule has 1 aromatic carbocycles. The summed E-state index contributed by atoms with van der Waals surface area (Å²) >= 11 is 0. The highest BCUT2D eigenvalue weighted by atomic mass is 32.2. The molecule has 4 fully saturated rings. The van der Waals surface area contributed by atoms with Gasteiger partial charge in [-0.1, -0.05) is 17.7 Å². The third-order valence-corrected chi connectivity index (χ3v) is 7.08. The molecule has 4 aliphatic rings. The molecule has 3 unspecified atom stereocenters. The quantitative estimate of drug-likeness (QED) is 0.754. The minimum atomic E-state index is -3.53. The van der Waals surface area contributed by atoms with Crippen LogP contribution in [0.3, 0.4) is 0 Å². The molecule has 0 spiro atoms. The summed E-state index contributed by atoms with van der Waals surface area (Å²) in [5.41, 5.74) is 1.03. The van der Waals surface area contributed by atoms with Crippen LogP contribution in [0.4, 0.5) is 0 Å². The van der Waals surface area contributed by atoms with Crippen molar-refractivity contribution < 1.29 is 22.6 Å². The van der Waals surface area contributed by atoms with Gasteiger partial charge < -0.3 is 14.2 Å². The standard InChI is InChI=1S/C16H19NO5S/c1-8-4-6-9(7-5-8)23(18,19)17-10-11(17)13-15(14-12(10)20-14)22-16(2,3)21-13/h4-7,10-15H,1-3H3/t10-,11+,12?,13-,14?,15-,17?/m0/s1. The smallest absolute Gasteiger partial charge is 0.243 e. The molecule has 3 saturated heterocycles. The fourth-order valence-electron chi connectivity index (χ4n) is 4.09. The SMILES string of the molecule is Cc1ccc(S(=O)(=O)N2[C@H]3[C@@H]4OC(C)(C)O[C@@H]4C4OC4[C@H]32)cc1. The van der Waals surface area contributed by atoms with E-state index in [0.717, 1.165) is 5.56 Å². The number of sulfonamides is 1. The minimum absolute atomic E-state index is 0.0405. The normalized spacial score (nSPS) is 45.8. The molecule has 0 amide bonds. The van der Waals surface area contributed by atoms with Crippen LogP contribution in [0.1, 0.15) is 19.4 Å². The van der Waals surface area contributed by atoms with Gasteiger partial charge in [-0.25, -0.2) is 8.42 Å². The number of aryl methyl sites for hydroxylation is 1. The van der Waals surface area contributed by atoms with Gasteiger partial charge in [0.05, 0.1) is 17.0 Å². The van der Waals surface area contributed by atoms with Gasteiger partial charge in [0, 0.05) is 0 Å². The fraction of sp³-hybridized carbons (Fsp3) is 0.625. The number of benzene rings is 1. The maximum atomic E-state index is 13.0. The summed E-state index contributed by atoms with van der Waals surface area (Å²) in [5.74, 6) is -0.692. The summed E-state index contributed by atoms with van der Waals surface area (Å²) < 4.78 is 45.1. The predicted molar refractivity (Wildman–Crippen MR) is 80.3 cm³/mol. The summed E-state index contributed by atoms with van der Waals surface area (Å²) in [6.07, 6.45) is -0.520. The highest BCUT2D eigenvalue weighted by Crippen LogP contribution is 2.57. The van der Waals surface area contributed by atoms with Gasteiger partial charge in [-0.15, -0.1) is 0 Å². The first-order chi connectivity index (χ1) is 10.8. The van der Waals surface area contributed by atoms with Crippen molar-refractivity contribution in [3.63, 3.8) is 0 Å². The Morgan fingerprint density at radius 3 is 2.26 bits per heavy atom. The summed E-state index contributed by atoms with van der Waals surface area (Å²) in [6, 6.07) is 6.65. The zero-order valence-corrected chi connectivity index (χ0v) is 14.0. The van der Waals surface area contributed by atoms with Crippen LogP contribution in [0, 0.1) is 6.92 Å². The third-order valence-electron chi connectivity index (χ3n) is 5.17. The average Bonchev–Trinajstić information content (AvgIpc) is 3.34. The molecule has 23 heavy (non-hydrogen) atoms. The van der Waals surface area contributed by atoms with Crippen LogP contribution in [-0.2, 0) is 24.2 Å². The molecule has 0 bridgehead atoms. The average molecular weight is 337 g/mol. The van der Waals surface area contributed by atoms with Gasteiger partial charge >= 0.3 is 0 Å². The van der Waals surface area contributed by atoms with E-state index in [1.54, 1.807) is 16.4 Å². The third kappa shape index (κ3) is 1.91. The van der Waals surface area contributed by atoms with Crippen molar-refractivity contribution >= 4 is 10.0 Å². The Hall–Kier alpha value is -0.990. The van der Waals surface area contributed by atoms with Crippen LogP contribution in [0.2, 0.25) is 0 Å². The second-order valence-electron chi connectivity index (χ2n) is 7.26. The number of rotatable bonds is 2. The maximum Gasteiger partial charge on any atom is 0.243 e. The van der Waals surface area contributed by atoms with Crippen molar-refractivity contribution in [2.75, 3.05) is 0 Å². The van der Waals surface area contributed by atoms with E-state index < -0.39 is 15.8 Å². The molecule has 6 nitrogen and oxygen atoms in total. The molecule has 124 valence electrons. The van der Waals surface area contributed by atoms with E-state index in [4.69, 9.17) is 14.2 Å². The molecule has 3 heterocycles.